The van der Waals surface area contributed by atoms with Crippen molar-refractivity contribution in [3.63, 3.8) is 0 Å². The van der Waals surface area contributed by atoms with Crippen molar-refractivity contribution in [3.05, 3.63) is 22.6 Å². The van der Waals surface area contributed by atoms with Crippen molar-refractivity contribution in [3.8, 4) is 0 Å². The van der Waals surface area contributed by atoms with Crippen LogP contribution in [0.3, 0.4) is 0 Å². The number of rotatable bonds is 3. The second-order valence-corrected chi connectivity index (χ2v) is 5.51. The highest BCUT2D eigenvalue weighted by molar-refractivity contribution is 6.07. The predicted octanol–water partition coefficient (Wildman–Crippen LogP) is 1.38. The van der Waals surface area contributed by atoms with Crippen LogP contribution in [0, 0.1) is 5.92 Å². The van der Waals surface area contributed by atoms with Gasteiger partial charge in [-0.25, -0.2) is 9.59 Å². The first-order valence-corrected chi connectivity index (χ1v) is 6.60. The highest BCUT2D eigenvalue weighted by Gasteiger charge is 2.64. The Kier molecular flexibility index (Phi) is 3.85. The highest BCUT2D eigenvalue weighted by Crippen LogP contribution is 2.40. The summed E-state index contributed by atoms with van der Waals surface area (Å²) in [4.78, 5) is 38.8. The van der Waals surface area contributed by atoms with E-state index in [1.807, 2.05) is 0 Å². The fourth-order valence-corrected chi connectivity index (χ4v) is 2.52. The number of nitrogens with zero attached hydrogens (tertiary/aromatic N) is 3. The van der Waals surface area contributed by atoms with E-state index in [9.17, 15) is 14.4 Å². The van der Waals surface area contributed by atoms with Crippen LogP contribution in [0.25, 0.3) is 10.4 Å². The van der Waals surface area contributed by atoms with Crippen LogP contribution in [0.5, 0.6) is 0 Å². The lowest BCUT2D eigenvalue weighted by Crippen LogP contribution is -2.63. The van der Waals surface area contributed by atoms with E-state index < -0.39 is 41.3 Å². The summed E-state index contributed by atoms with van der Waals surface area (Å²) < 4.78 is 15.2. The highest BCUT2D eigenvalue weighted by atomic mass is 16.8. The molecule has 0 amide bonds. The zero-order valence-corrected chi connectivity index (χ0v) is 12.3. The molecule has 118 valence electrons. The molecule has 1 fully saturated rings. The average Bonchev–Trinajstić information content (AvgIpc) is 2.82. The van der Waals surface area contributed by atoms with E-state index in [1.165, 1.54) is 26.0 Å². The SMILES string of the molecule is CC(=O)OC1(C2C=CC(N=[N+]=[N-])C2)C(=O)OC(C)(C)OC1=O. The van der Waals surface area contributed by atoms with E-state index in [1.54, 1.807) is 0 Å². The van der Waals surface area contributed by atoms with Crippen LogP contribution < -0.4 is 0 Å². The molecule has 1 aliphatic heterocycles. The van der Waals surface area contributed by atoms with Crippen LogP contribution in [0.2, 0.25) is 0 Å². The number of hydrogen-bond donors (Lipinski definition) is 0. The maximum absolute atomic E-state index is 12.4. The van der Waals surface area contributed by atoms with Crippen LogP contribution in [-0.2, 0) is 28.6 Å². The third-order valence-corrected chi connectivity index (χ3v) is 3.37. The van der Waals surface area contributed by atoms with Gasteiger partial charge in [0, 0.05) is 31.6 Å². The lowest BCUT2D eigenvalue weighted by Gasteiger charge is -2.41. The maximum Gasteiger partial charge on any atom is 0.366 e. The molecule has 2 aliphatic rings. The Bertz CT molecular complexity index is 585. The second kappa shape index (κ2) is 5.34. The smallest absolute Gasteiger partial charge is 0.366 e. The maximum atomic E-state index is 12.4. The summed E-state index contributed by atoms with van der Waals surface area (Å²) in [5.41, 5.74) is 6.25. The molecule has 0 aromatic carbocycles. The fourth-order valence-electron chi connectivity index (χ4n) is 2.52. The summed E-state index contributed by atoms with van der Waals surface area (Å²) in [6.45, 7) is 3.87. The van der Waals surface area contributed by atoms with Crippen molar-refractivity contribution in [2.24, 2.45) is 11.0 Å². The Balaban J connectivity index is 2.40. The Morgan fingerprint density at radius 1 is 1.36 bits per heavy atom. The van der Waals surface area contributed by atoms with Gasteiger partial charge >= 0.3 is 23.5 Å². The molecule has 1 saturated heterocycles. The largest absolute Gasteiger partial charge is 0.434 e. The normalized spacial score (nSPS) is 28.3. The molecule has 9 nitrogen and oxygen atoms in total. The minimum absolute atomic E-state index is 0.127. The van der Waals surface area contributed by atoms with Crippen molar-refractivity contribution in [1.82, 2.24) is 0 Å². The van der Waals surface area contributed by atoms with Crippen LogP contribution in [0.1, 0.15) is 27.2 Å². The van der Waals surface area contributed by atoms with Crippen molar-refractivity contribution >= 4 is 17.9 Å². The van der Waals surface area contributed by atoms with E-state index in [0.29, 0.717) is 0 Å². The molecule has 0 aromatic rings. The number of carbonyl (C=O) groups is 3. The number of carbonyl (C=O) groups excluding carboxylic acids is 3. The average molecular weight is 309 g/mol. The molecule has 9 heteroatoms. The molecule has 0 spiro atoms. The van der Waals surface area contributed by atoms with E-state index in [0.717, 1.165) is 6.92 Å². The molecule has 0 radical (unpaired) electrons. The first-order chi connectivity index (χ1) is 10.2. The lowest BCUT2D eigenvalue weighted by atomic mass is 9.85. The third-order valence-electron chi connectivity index (χ3n) is 3.37. The Morgan fingerprint density at radius 3 is 2.45 bits per heavy atom. The van der Waals surface area contributed by atoms with Crippen LogP contribution in [0.4, 0.5) is 0 Å². The molecule has 2 atom stereocenters. The zero-order valence-electron chi connectivity index (χ0n) is 12.3. The Hall–Kier alpha value is -2.54. The van der Waals surface area contributed by atoms with Crippen molar-refractivity contribution in [1.29, 1.82) is 0 Å². The van der Waals surface area contributed by atoms with Crippen LogP contribution >= 0.6 is 0 Å². The minimum Gasteiger partial charge on any atom is -0.434 e. The number of esters is 3. The summed E-state index contributed by atoms with van der Waals surface area (Å²) in [6, 6.07) is -0.544. The second-order valence-electron chi connectivity index (χ2n) is 5.51. The fraction of sp³-hybridized carbons (Fsp3) is 0.615. The van der Waals surface area contributed by atoms with Gasteiger partial charge in [0.1, 0.15) is 0 Å². The van der Waals surface area contributed by atoms with Gasteiger partial charge in [0.25, 0.3) is 5.79 Å². The molecule has 0 aromatic heterocycles. The van der Waals surface area contributed by atoms with Crippen molar-refractivity contribution in [2.45, 2.75) is 44.6 Å². The zero-order chi connectivity index (χ0) is 16.5. The third kappa shape index (κ3) is 2.62. The Morgan fingerprint density at radius 2 is 1.95 bits per heavy atom. The van der Waals surface area contributed by atoms with Gasteiger partial charge in [-0.1, -0.05) is 17.3 Å². The van der Waals surface area contributed by atoms with Gasteiger partial charge in [0.15, 0.2) is 0 Å². The lowest BCUT2D eigenvalue weighted by molar-refractivity contribution is -0.267. The summed E-state index contributed by atoms with van der Waals surface area (Å²) in [6.07, 6.45) is 3.15. The molecule has 0 saturated carbocycles. The predicted molar refractivity (Wildman–Crippen MR) is 70.9 cm³/mol. The number of cyclic esters (lactones) is 2. The molecule has 1 aliphatic carbocycles. The number of hydrogen-bond acceptors (Lipinski definition) is 7. The van der Waals surface area contributed by atoms with Gasteiger partial charge < -0.3 is 14.2 Å². The summed E-state index contributed by atoms with van der Waals surface area (Å²) in [5, 5.41) is 3.51. The minimum atomic E-state index is -2.21. The van der Waals surface area contributed by atoms with Crippen LogP contribution in [0.15, 0.2) is 17.3 Å². The molecule has 0 bridgehead atoms. The van der Waals surface area contributed by atoms with Gasteiger partial charge in [0.05, 0.1) is 6.04 Å². The molecule has 1 heterocycles. The molecule has 22 heavy (non-hydrogen) atoms. The molecule has 0 N–H and O–H groups in total. The van der Waals surface area contributed by atoms with Gasteiger partial charge in [-0.05, 0) is 12.0 Å². The van der Waals surface area contributed by atoms with Gasteiger partial charge in [0.2, 0.25) is 0 Å². The van der Waals surface area contributed by atoms with Crippen LogP contribution in [-0.4, -0.2) is 35.3 Å². The summed E-state index contributed by atoms with van der Waals surface area (Å²) in [5.74, 6) is -5.10. The van der Waals surface area contributed by atoms with Gasteiger partial charge in [-0.2, -0.15) is 0 Å². The van der Waals surface area contributed by atoms with E-state index in [4.69, 9.17) is 19.7 Å². The number of azide groups is 1. The van der Waals surface area contributed by atoms with E-state index in [-0.39, 0.29) is 6.42 Å². The summed E-state index contributed by atoms with van der Waals surface area (Å²) >= 11 is 0. The first-order valence-electron chi connectivity index (χ1n) is 6.60. The Labute approximate surface area is 125 Å². The molecule has 2 unspecified atom stereocenters. The summed E-state index contributed by atoms with van der Waals surface area (Å²) in [7, 11) is 0. The first kappa shape index (κ1) is 15.8. The standard InChI is InChI=1S/C13H15N3O6/c1-7(17)20-13(8-4-5-9(6-8)15-16-14)10(18)21-12(2,3)22-11(13)19/h4-5,8-9H,6H2,1-3H3. The molecular formula is C13H15N3O6. The van der Waals surface area contributed by atoms with Gasteiger partial charge in [-0.15, -0.1) is 0 Å². The molecule has 2 rings (SSSR count). The van der Waals surface area contributed by atoms with E-state index in [2.05, 4.69) is 10.0 Å². The number of ether oxygens (including phenoxy) is 3. The monoisotopic (exact) mass is 309 g/mol. The quantitative estimate of drug-likeness (QED) is 0.193. The topological polar surface area (TPSA) is 128 Å². The van der Waals surface area contributed by atoms with Crippen molar-refractivity contribution < 1.29 is 28.6 Å². The van der Waals surface area contributed by atoms with Crippen molar-refractivity contribution in [2.75, 3.05) is 0 Å². The van der Waals surface area contributed by atoms with Gasteiger partial charge in [-0.3, -0.25) is 4.79 Å². The molecular weight excluding hydrogens is 294 g/mol. The van der Waals surface area contributed by atoms with E-state index >= 15 is 0 Å².